The van der Waals surface area contributed by atoms with Crippen molar-refractivity contribution in [2.75, 3.05) is 20.3 Å². The highest BCUT2D eigenvalue weighted by Gasteiger charge is 2.12. The molecule has 0 amide bonds. The molecule has 0 saturated carbocycles. The van der Waals surface area contributed by atoms with Gasteiger partial charge in [-0.05, 0) is 42.3 Å². The van der Waals surface area contributed by atoms with Crippen molar-refractivity contribution in [2.24, 2.45) is 0 Å². The smallest absolute Gasteiger partial charge is 0.336 e. The zero-order valence-electron chi connectivity index (χ0n) is 15.0. The molecule has 0 unspecified atom stereocenters. The fourth-order valence-corrected chi connectivity index (χ4v) is 3.12. The van der Waals surface area contributed by atoms with Gasteiger partial charge in [0, 0.05) is 43.2 Å². The minimum Gasteiger partial charge on any atom is -0.423 e. The van der Waals surface area contributed by atoms with E-state index >= 15 is 0 Å². The van der Waals surface area contributed by atoms with Crippen LogP contribution in [-0.2, 0) is 17.8 Å². The number of benzene rings is 2. The highest BCUT2D eigenvalue weighted by Crippen LogP contribution is 2.21. The Morgan fingerprint density at radius 2 is 1.85 bits per heavy atom. The molecule has 2 aromatic carbocycles. The fourth-order valence-electron chi connectivity index (χ4n) is 3.00. The van der Waals surface area contributed by atoms with Crippen LogP contribution in [0, 0.1) is 6.92 Å². The van der Waals surface area contributed by atoms with Gasteiger partial charge in [0.2, 0.25) is 0 Å². The van der Waals surface area contributed by atoms with E-state index in [0.29, 0.717) is 18.7 Å². The van der Waals surface area contributed by atoms with E-state index in [1.54, 1.807) is 13.2 Å². The Morgan fingerprint density at radius 1 is 1.08 bits per heavy atom. The van der Waals surface area contributed by atoms with Crippen molar-refractivity contribution in [1.82, 2.24) is 4.90 Å². The van der Waals surface area contributed by atoms with Crippen LogP contribution in [0.25, 0.3) is 11.0 Å². The quantitative estimate of drug-likeness (QED) is 0.577. The van der Waals surface area contributed by atoms with Crippen LogP contribution in [0.2, 0.25) is 5.02 Å². The van der Waals surface area contributed by atoms with E-state index in [2.05, 4.69) is 11.0 Å². The lowest BCUT2D eigenvalue weighted by Gasteiger charge is -2.23. The lowest BCUT2D eigenvalue weighted by molar-refractivity contribution is 0.140. The predicted molar refractivity (Wildman–Crippen MR) is 105 cm³/mol. The van der Waals surface area contributed by atoms with Crippen LogP contribution in [0.3, 0.4) is 0 Å². The van der Waals surface area contributed by atoms with Crippen LogP contribution in [0.4, 0.5) is 0 Å². The maximum Gasteiger partial charge on any atom is 0.336 e. The van der Waals surface area contributed by atoms with Gasteiger partial charge >= 0.3 is 5.63 Å². The van der Waals surface area contributed by atoms with E-state index < -0.39 is 0 Å². The first-order chi connectivity index (χ1) is 12.5. The van der Waals surface area contributed by atoms with Crippen molar-refractivity contribution in [3.05, 3.63) is 80.7 Å². The minimum absolute atomic E-state index is 0.325. The second-order valence-electron chi connectivity index (χ2n) is 6.42. The van der Waals surface area contributed by atoms with Crippen LogP contribution in [0.15, 0.2) is 57.7 Å². The number of aryl methyl sites for hydroxylation is 1. The highest BCUT2D eigenvalue weighted by atomic mass is 35.5. The zero-order valence-corrected chi connectivity index (χ0v) is 15.8. The average Bonchev–Trinajstić information content (AvgIpc) is 2.62. The van der Waals surface area contributed by atoms with E-state index in [-0.39, 0.29) is 5.63 Å². The van der Waals surface area contributed by atoms with Crippen molar-refractivity contribution in [3.63, 3.8) is 0 Å². The molecule has 136 valence electrons. The van der Waals surface area contributed by atoms with E-state index in [4.69, 9.17) is 20.8 Å². The average molecular weight is 372 g/mol. The van der Waals surface area contributed by atoms with Crippen molar-refractivity contribution in [1.29, 1.82) is 0 Å². The number of hydrogen-bond donors (Lipinski definition) is 0. The minimum atomic E-state index is -0.325. The van der Waals surface area contributed by atoms with Gasteiger partial charge in [-0.25, -0.2) is 4.79 Å². The summed E-state index contributed by atoms with van der Waals surface area (Å²) in [5.41, 5.74) is 3.55. The molecular weight excluding hydrogens is 350 g/mol. The summed E-state index contributed by atoms with van der Waals surface area (Å²) >= 11 is 5.98. The summed E-state index contributed by atoms with van der Waals surface area (Å²) in [6, 6.07) is 15.3. The van der Waals surface area contributed by atoms with E-state index in [1.165, 1.54) is 0 Å². The maximum absolute atomic E-state index is 12.0. The molecule has 26 heavy (non-hydrogen) atoms. The molecule has 3 aromatic rings. The van der Waals surface area contributed by atoms with Crippen LogP contribution in [-0.4, -0.2) is 25.2 Å². The Balaban J connectivity index is 1.90. The Hall–Kier alpha value is -2.14. The summed E-state index contributed by atoms with van der Waals surface area (Å²) < 4.78 is 10.6. The van der Waals surface area contributed by atoms with E-state index in [1.807, 2.05) is 43.3 Å². The summed E-state index contributed by atoms with van der Waals surface area (Å²) in [4.78, 5) is 14.2. The van der Waals surface area contributed by atoms with Gasteiger partial charge in [-0.2, -0.15) is 0 Å². The number of halogens is 1. The molecule has 0 N–H and O–H groups in total. The van der Waals surface area contributed by atoms with Crippen molar-refractivity contribution >= 4 is 22.6 Å². The molecule has 5 heteroatoms. The Kier molecular flexibility index (Phi) is 6.09. The van der Waals surface area contributed by atoms with Gasteiger partial charge in [0.05, 0.1) is 6.61 Å². The number of methoxy groups -OCH3 is 1. The summed E-state index contributed by atoms with van der Waals surface area (Å²) in [6.07, 6.45) is 0. The van der Waals surface area contributed by atoms with Crippen molar-refractivity contribution < 1.29 is 9.15 Å². The van der Waals surface area contributed by atoms with Gasteiger partial charge < -0.3 is 9.15 Å². The SMILES string of the molecule is COCCN(Cc1ccc(Cl)cc1)Cc1cc(=O)oc2ccc(C)cc12. The number of fused-ring (bicyclic) bond motifs is 1. The number of hydrogen-bond acceptors (Lipinski definition) is 4. The second kappa shape index (κ2) is 8.49. The fraction of sp³-hybridized carbons (Fsp3) is 0.286. The van der Waals surface area contributed by atoms with Gasteiger partial charge in [0.25, 0.3) is 0 Å². The molecule has 0 atom stereocenters. The van der Waals surface area contributed by atoms with Crippen LogP contribution < -0.4 is 5.63 Å². The molecule has 0 aliphatic carbocycles. The molecule has 0 radical (unpaired) electrons. The van der Waals surface area contributed by atoms with Crippen LogP contribution in [0.1, 0.15) is 16.7 Å². The summed E-state index contributed by atoms with van der Waals surface area (Å²) in [7, 11) is 1.69. The molecule has 0 fully saturated rings. The van der Waals surface area contributed by atoms with Gasteiger partial charge in [-0.1, -0.05) is 35.4 Å². The first-order valence-corrected chi connectivity index (χ1v) is 8.92. The monoisotopic (exact) mass is 371 g/mol. The van der Waals surface area contributed by atoms with Gasteiger partial charge in [-0.15, -0.1) is 0 Å². The molecular formula is C21H22ClNO3. The molecule has 0 saturated heterocycles. The summed E-state index contributed by atoms with van der Waals surface area (Å²) in [6.45, 7) is 4.79. The lowest BCUT2D eigenvalue weighted by Crippen LogP contribution is -2.27. The van der Waals surface area contributed by atoms with Gasteiger partial charge in [-0.3, -0.25) is 4.90 Å². The maximum atomic E-state index is 12.0. The highest BCUT2D eigenvalue weighted by molar-refractivity contribution is 6.30. The van der Waals surface area contributed by atoms with E-state index in [0.717, 1.165) is 40.2 Å². The first kappa shape index (κ1) is 18.6. The normalized spacial score (nSPS) is 11.4. The Bertz CT molecular complexity index is 934. The molecule has 3 rings (SSSR count). The molecule has 0 aliphatic rings. The first-order valence-electron chi connectivity index (χ1n) is 8.54. The third-order valence-electron chi connectivity index (χ3n) is 4.31. The standard InChI is InChI=1S/C21H22ClNO3/c1-15-3-8-20-19(11-15)17(12-21(24)26-20)14-23(9-10-25-2)13-16-4-6-18(22)7-5-16/h3-8,11-12H,9-10,13-14H2,1-2H3. The van der Waals surface area contributed by atoms with Gasteiger partial charge in [0.15, 0.2) is 0 Å². The van der Waals surface area contributed by atoms with Crippen molar-refractivity contribution in [3.8, 4) is 0 Å². The van der Waals surface area contributed by atoms with Gasteiger partial charge in [0.1, 0.15) is 5.58 Å². The molecule has 0 aliphatic heterocycles. The lowest BCUT2D eigenvalue weighted by atomic mass is 10.1. The number of nitrogens with zero attached hydrogens (tertiary/aromatic N) is 1. The van der Waals surface area contributed by atoms with E-state index in [9.17, 15) is 4.79 Å². The largest absolute Gasteiger partial charge is 0.423 e. The topological polar surface area (TPSA) is 42.7 Å². The molecule has 0 spiro atoms. The molecule has 1 aromatic heterocycles. The number of rotatable bonds is 7. The molecule has 0 bridgehead atoms. The number of ether oxygens (including phenoxy) is 1. The molecule has 4 nitrogen and oxygen atoms in total. The van der Waals surface area contributed by atoms with Crippen LogP contribution >= 0.6 is 11.6 Å². The molecule has 1 heterocycles. The van der Waals surface area contributed by atoms with Crippen molar-refractivity contribution in [2.45, 2.75) is 20.0 Å². The predicted octanol–water partition coefficient (Wildman–Crippen LogP) is 4.40. The Labute approximate surface area is 158 Å². The van der Waals surface area contributed by atoms with Crippen LogP contribution in [0.5, 0.6) is 0 Å². The third kappa shape index (κ3) is 4.73. The summed E-state index contributed by atoms with van der Waals surface area (Å²) in [5.74, 6) is 0. The Morgan fingerprint density at radius 3 is 2.58 bits per heavy atom. The second-order valence-corrected chi connectivity index (χ2v) is 6.86. The third-order valence-corrected chi connectivity index (χ3v) is 4.56. The summed E-state index contributed by atoms with van der Waals surface area (Å²) in [5, 5.41) is 1.70. The zero-order chi connectivity index (χ0) is 18.5.